The second-order valence-corrected chi connectivity index (χ2v) is 4.93. The number of hydrogen-bond donors (Lipinski definition) is 1. The van der Waals surface area contributed by atoms with Gasteiger partial charge in [0.2, 0.25) is 0 Å². The van der Waals surface area contributed by atoms with Crippen molar-refractivity contribution >= 4 is 29.3 Å². The molecule has 0 saturated heterocycles. The van der Waals surface area contributed by atoms with E-state index in [4.69, 9.17) is 16.9 Å². The molecule has 1 N–H and O–H groups in total. The fourth-order valence-electron chi connectivity index (χ4n) is 1.83. The molecule has 0 aromatic heterocycles. The van der Waals surface area contributed by atoms with Crippen LogP contribution in [0.5, 0.6) is 0 Å². The predicted molar refractivity (Wildman–Crippen MR) is 84.9 cm³/mol. The maximum Gasteiger partial charge on any atom is 0.266 e. The largest absolute Gasteiger partial charge is 0.320 e. The average Bonchev–Trinajstić information content (AvgIpc) is 2.47. The first-order valence-electron chi connectivity index (χ1n) is 6.34. The molecular formula is C17H13ClN2O. The molecule has 3 nitrogen and oxygen atoms in total. The lowest BCUT2D eigenvalue weighted by atomic mass is 10.1. The van der Waals surface area contributed by atoms with Crippen molar-refractivity contribution in [3.8, 4) is 6.07 Å². The van der Waals surface area contributed by atoms with E-state index in [-0.39, 0.29) is 5.57 Å². The molecule has 1 amide bonds. The molecule has 0 atom stereocenters. The van der Waals surface area contributed by atoms with E-state index < -0.39 is 5.91 Å². The van der Waals surface area contributed by atoms with Crippen LogP contribution in [0.1, 0.15) is 11.1 Å². The number of rotatable bonds is 3. The molecule has 0 bridgehead atoms. The highest BCUT2D eigenvalue weighted by molar-refractivity contribution is 6.34. The zero-order valence-electron chi connectivity index (χ0n) is 11.4. The number of aryl methyl sites for hydroxylation is 1. The minimum Gasteiger partial charge on any atom is -0.320 e. The molecule has 0 aliphatic heterocycles. The van der Waals surface area contributed by atoms with Gasteiger partial charge in [-0.15, -0.1) is 0 Å². The number of nitrogens with zero attached hydrogens (tertiary/aromatic N) is 1. The summed E-state index contributed by atoms with van der Waals surface area (Å²) in [6.07, 6.45) is 1.55. The molecule has 104 valence electrons. The summed E-state index contributed by atoms with van der Waals surface area (Å²) in [5, 5.41) is 12.2. The maximum absolute atomic E-state index is 12.1. The number of nitrogens with one attached hydrogen (secondary N) is 1. The monoisotopic (exact) mass is 296 g/mol. The topological polar surface area (TPSA) is 52.9 Å². The number of amides is 1. The Bertz CT molecular complexity index is 744. The summed E-state index contributed by atoms with van der Waals surface area (Å²) >= 11 is 5.98. The summed E-state index contributed by atoms with van der Waals surface area (Å²) in [7, 11) is 0. The lowest BCUT2D eigenvalue weighted by Crippen LogP contribution is -2.13. The van der Waals surface area contributed by atoms with Gasteiger partial charge in [0.25, 0.3) is 5.91 Å². The van der Waals surface area contributed by atoms with Crippen molar-refractivity contribution in [2.45, 2.75) is 6.92 Å². The summed E-state index contributed by atoms with van der Waals surface area (Å²) in [5.41, 5.74) is 2.38. The Morgan fingerprint density at radius 1 is 1.24 bits per heavy atom. The number of halogens is 1. The Balaban J connectivity index is 2.24. The van der Waals surface area contributed by atoms with Crippen molar-refractivity contribution in [2.75, 3.05) is 5.32 Å². The quantitative estimate of drug-likeness (QED) is 0.682. The average molecular weight is 297 g/mol. The Morgan fingerprint density at radius 3 is 2.67 bits per heavy atom. The summed E-state index contributed by atoms with van der Waals surface area (Å²) in [4.78, 5) is 12.1. The Labute approximate surface area is 128 Å². The highest BCUT2D eigenvalue weighted by Crippen LogP contribution is 2.21. The zero-order chi connectivity index (χ0) is 15.2. The highest BCUT2D eigenvalue weighted by atomic mass is 35.5. The number of anilines is 1. The van der Waals surface area contributed by atoms with Crippen LogP contribution in [0.2, 0.25) is 5.02 Å². The van der Waals surface area contributed by atoms with Gasteiger partial charge in [0.05, 0.1) is 10.7 Å². The number of hydrogen-bond acceptors (Lipinski definition) is 2. The van der Waals surface area contributed by atoms with Crippen LogP contribution in [0.4, 0.5) is 5.69 Å². The van der Waals surface area contributed by atoms with Crippen LogP contribution in [-0.2, 0) is 4.79 Å². The second-order valence-electron chi connectivity index (χ2n) is 4.52. The van der Waals surface area contributed by atoms with Crippen LogP contribution in [0.25, 0.3) is 6.08 Å². The zero-order valence-corrected chi connectivity index (χ0v) is 12.2. The number of para-hydroxylation sites is 1. The molecule has 0 aliphatic rings. The first-order chi connectivity index (χ1) is 10.1. The van der Waals surface area contributed by atoms with E-state index in [1.165, 1.54) is 0 Å². The normalized spacial score (nSPS) is 10.8. The van der Waals surface area contributed by atoms with E-state index in [0.29, 0.717) is 10.7 Å². The van der Waals surface area contributed by atoms with Crippen LogP contribution >= 0.6 is 11.6 Å². The first-order valence-corrected chi connectivity index (χ1v) is 6.72. The van der Waals surface area contributed by atoms with Crippen LogP contribution in [0.3, 0.4) is 0 Å². The van der Waals surface area contributed by atoms with E-state index in [1.807, 2.05) is 37.3 Å². The van der Waals surface area contributed by atoms with Crippen molar-refractivity contribution in [2.24, 2.45) is 0 Å². The summed E-state index contributed by atoms with van der Waals surface area (Å²) in [6.45, 7) is 1.95. The van der Waals surface area contributed by atoms with E-state index in [2.05, 4.69) is 5.32 Å². The fourth-order valence-corrected chi connectivity index (χ4v) is 2.01. The van der Waals surface area contributed by atoms with Gasteiger partial charge in [0, 0.05) is 0 Å². The SMILES string of the molecule is Cc1cccc(/C=C(\C#N)C(=O)Nc2ccccc2Cl)c1. The maximum atomic E-state index is 12.1. The molecule has 0 spiro atoms. The number of carbonyl (C=O) groups excluding carboxylic acids is 1. The van der Waals surface area contributed by atoms with Gasteiger partial charge in [-0.3, -0.25) is 4.79 Å². The third-order valence-corrected chi connectivity index (χ3v) is 3.17. The Kier molecular flexibility index (Phi) is 4.76. The number of carbonyl (C=O) groups is 1. The molecule has 21 heavy (non-hydrogen) atoms. The first kappa shape index (κ1) is 14.8. The molecule has 0 fully saturated rings. The molecule has 2 rings (SSSR count). The van der Waals surface area contributed by atoms with Gasteiger partial charge in [-0.25, -0.2) is 0 Å². The molecule has 0 heterocycles. The van der Waals surface area contributed by atoms with E-state index >= 15 is 0 Å². The Morgan fingerprint density at radius 2 is 2.00 bits per heavy atom. The standard InChI is InChI=1S/C17H13ClN2O/c1-12-5-4-6-13(9-12)10-14(11-19)17(21)20-16-8-3-2-7-15(16)18/h2-10H,1H3,(H,20,21)/b14-10+. The summed E-state index contributed by atoms with van der Waals surface area (Å²) in [6, 6.07) is 16.4. The van der Waals surface area contributed by atoms with Crippen molar-refractivity contribution in [3.63, 3.8) is 0 Å². The molecule has 4 heteroatoms. The van der Waals surface area contributed by atoms with E-state index in [0.717, 1.165) is 11.1 Å². The predicted octanol–water partition coefficient (Wildman–Crippen LogP) is 4.19. The van der Waals surface area contributed by atoms with E-state index in [9.17, 15) is 4.79 Å². The lowest BCUT2D eigenvalue weighted by Gasteiger charge is -2.06. The molecule has 2 aromatic carbocycles. The van der Waals surface area contributed by atoms with Crippen LogP contribution in [0, 0.1) is 18.3 Å². The lowest BCUT2D eigenvalue weighted by molar-refractivity contribution is -0.112. The van der Waals surface area contributed by atoms with Crippen molar-refractivity contribution in [1.29, 1.82) is 5.26 Å². The van der Waals surface area contributed by atoms with Crippen molar-refractivity contribution in [3.05, 3.63) is 70.3 Å². The molecular weight excluding hydrogens is 284 g/mol. The smallest absolute Gasteiger partial charge is 0.266 e. The highest BCUT2D eigenvalue weighted by Gasteiger charge is 2.11. The van der Waals surface area contributed by atoms with Gasteiger partial charge in [0.15, 0.2) is 0 Å². The van der Waals surface area contributed by atoms with Crippen LogP contribution in [-0.4, -0.2) is 5.91 Å². The third-order valence-electron chi connectivity index (χ3n) is 2.84. The molecule has 0 saturated carbocycles. The minimum absolute atomic E-state index is 0.0283. The minimum atomic E-state index is -0.480. The van der Waals surface area contributed by atoms with Gasteiger partial charge in [-0.1, -0.05) is 53.6 Å². The van der Waals surface area contributed by atoms with Crippen molar-refractivity contribution in [1.82, 2.24) is 0 Å². The van der Waals surface area contributed by atoms with E-state index in [1.54, 1.807) is 30.3 Å². The van der Waals surface area contributed by atoms with Gasteiger partial charge in [0.1, 0.15) is 11.6 Å². The van der Waals surface area contributed by atoms with Gasteiger partial charge < -0.3 is 5.32 Å². The number of benzene rings is 2. The third kappa shape index (κ3) is 3.95. The Hall–Kier alpha value is -2.57. The van der Waals surface area contributed by atoms with Crippen molar-refractivity contribution < 1.29 is 4.79 Å². The van der Waals surface area contributed by atoms with Crippen LogP contribution in [0.15, 0.2) is 54.1 Å². The van der Waals surface area contributed by atoms with Gasteiger partial charge >= 0.3 is 0 Å². The number of nitriles is 1. The molecule has 0 radical (unpaired) electrons. The summed E-state index contributed by atoms with van der Waals surface area (Å²) < 4.78 is 0. The van der Waals surface area contributed by atoms with Gasteiger partial charge in [-0.2, -0.15) is 5.26 Å². The molecule has 0 unspecified atom stereocenters. The van der Waals surface area contributed by atoms with Crippen LogP contribution < -0.4 is 5.32 Å². The van der Waals surface area contributed by atoms with Gasteiger partial charge in [-0.05, 0) is 30.7 Å². The fraction of sp³-hybridized carbons (Fsp3) is 0.0588. The molecule has 0 aliphatic carbocycles. The second kappa shape index (κ2) is 6.74. The summed E-state index contributed by atoms with van der Waals surface area (Å²) in [5.74, 6) is -0.480. The molecule has 2 aromatic rings.